The first-order valence-corrected chi connectivity index (χ1v) is 14.5. The number of amides is 2. The molecule has 2 atom stereocenters. The van der Waals surface area contributed by atoms with Crippen molar-refractivity contribution in [2.75, 3.05) is 26.2 Å². The van der Waals surface area contributed by atoms with Gasteiger partial charge < -0.3 is 19.6 Å². The van der Waals surface area contributed by atoms with Gasteiger partial charge in [-0.1, -0.05) is 73.5 Å². The van der Waals surface area contributed by atoms with E-state index in [1.807, 2.05) is 81.4 Å². The highest BCUT2D eigenvalue weighted by atomic mass is 16.6. The average Bonchev–Trinajstić information content (AvgIpc) is 3.24. The number of piperazine rings is 1. The lowest BCUT2D eigenvalue weighted by atomic mass is 9.92. The molecule has 2 heterocycles. The van der Waals surface area contributed by atoms with Gasteiger partial charge in [-0.05, 0) is 39.2 Å². The number of hydrogen-bond donors (Lipinski definition) is 1. The molecule has 1 saturated heterocycles. The predicted octanol–water partition coefficient (Wildman–Crippen LogP) is 4.53. The maximum absolute atomic E-state index is 14.4. The van der Waals surface area contributed by atoms with Gasteiger partial charge in [0.1, 0.15) is 11.3 Å². The molecule has 5 rings (SSSR count). The Balaban J connectivity index is 1.57. The molecule has 1 N–H and O–H groups in total. The second-order valence-electron chi connectivity index (χ2n) is 12.0. The van der Waals surface area contributed by atoms with Crippen LogP contribution in [0.1, 0.15) is 68.5 Å². The van der Waals surface area contributed by atoms with Crippen LogP contribution in [-0.2, 0) is 11.3 Å². The van der Waals surface area contributed by atoms with Gasteiger partial charge in [-0.25, -0.2) is 9.59 Å². The maximum Gasteiger partial charge on any atom is 0.410 e. The van der Waals surface area contributed by atoms with Crippen molar-refractivity contribution in [3.63, 3.8) is 0 Å². The Morgan fingerprint density at radius 3 is 2.07 bits per heavy atom. The molecule has 1 aliphatic carbocycles. The smallest absolute Gasteiger partial charge is 0.410 e. The van der Waals surface area contributed by atoms with Gasteiger partial charge in [0.05, 0.1) is 24.4 Å². The molecule has 0 radical (unpaired) electrons. The lowest BCUT2D eigenvalue weighted by Gasteiger charge is -2.35. The molecule has 218 valence electrons. The third-order valence-electron chi connectivity index (χ3n) is 7.85. The summed E-state index contributed by atoms with van der Waals surface area (Å²) < 4.78 is 8.77. The van der Waals surface area contributed by atoms with E-state index in [2.05, 4.69) is 0 Å². The van der Waals surface area contributed by atoms with E-state index in [0.717, 1.165) is 24.0 Å². The van der Waals surface area contributed by atoms with Gasteiger partial charge in [-0.3, -0.25) is 13.9 Å². The third-order valence-corrected chi connectivity index (χ3v) is 7.85. The minimum absolute atomic E-state index is 0.230. The van der Waals surface area contributed by atoms with Crippen molar-refractivity contribution < 1.29 is 19.4 Å². The summed E-state index contributed by atoms with van der Waals surface area (Å²) in [7, 11) is 0. The summed E-state index contributed by atoms with van der Waals surface area (Å²) in [4.78, 5) is 44.6. The van der Waals surface area contributed by atoms with Crippen LogP contribution in [0.25, 0.3) is 11.3 Å². The van der Waals surface area contributed by atoms with Crippen LogP contribution in [0, 0.1) is 0 Å². The van der Waals surface area contributed by atoms with Crippen LogP contribution < -0.4 is 5.69 Å². The van der Waals surface area contributed by atoms with Crippen LogP contribution in [0.2, 0.25) is 0 Å². The number of imidazole rings is 1. The minimum atomic E-state index is -0.670. The number of aromatic nitrogens is 2. The number of ether oxygens (including phenoxy) is 1. The van der Waals surface area contributed by atoms with Crippen LogP contribution in [-0.4, -0.2) is 73.9 Å². The highest BCUT2D eigenvalue weighted by Crippen LogP contribution is 2.34. The fourth-order valence-electron chi connectivity index (χ4n) is 5.83. The van der Waals surface area contributed by atoms with Crippen molar-refractivity contribution in [1.29, 1.82) is 0 Å². The molecule has 2 aliphatic rings. The van der Waals surface area contributed by atoms with E-state index in [4.69, 9.17) is 4.74 Å². The SMILES string of the molecule is CC(C)(C)OC(=O)N1CCN(C(=O)c2c(-c3ccccc3)n([C@@H]3CCCC[C@H]3O)c(=O)n2Cc2ccccc2)CC1. The largest absolute Gasteiger partial charge is 0.444 e. The molecule has 41 heavy (non-hydrogen) atoms. The molecule has 2 aromatic carbocycles. The van der Waals surface area contributed by atoms with Crippen molar-refractivity contribution in [1.82, 2.24) is 18.9 Å². The number of carbonyl (C=O) groups excluding carboxylic acids is 2. The van der Waals surface area contributed by atoms with Gasteiger partial charge in [0.2, 0.25) is 0 Å². The highest BCUT2D eigenvalue weighted by Gasteiger charge is 2.36. The normalized spacial score (nSPS) is 19.7. The first-order chi connectivity index (χ1) is 19.6. The second kappa shape index (κ2) is 11.9. The van der Waals surface area contributed by atoms with Crippen molar-refractivity contribution in [2.45, 2.75) is 70.7 Å². The van der Waals surface area contributed by atoms with Crippen LogP contribution in [0.4, 0.5) is 4.79 Å². The molecular formula is C32H40N4O5. The number of rotatable bonds is 5. The fourth-order valence-corrected chi connectivity index (χ4v) is 5.83. The summed E-state index contributed by atoms with van der Waals surface area (Å²) in [6, 6.07) is 18.7. The molecule has 9 heteroatoms. The minimum Gasteiger partial charge on any atom is -0.444 e. The van der Waals surface area contributed by atoms with E-state index in [0.29, 0.717) is 50.4 Å². The number of hydrogen-bond acceptors (Lipinski definition) is 5. The number of benzene rings is 2. The summed E-state index contributed by atoms with van der Waals surface area (Å²) in [6.07, 6.45) is 2.03. The Labute approximate surface area is 240 Å². The second-order valence-corrected chi connectivity index (χ2v) is 12.0. The molecule has 3 aromatic rings. The van der Waals surface area contributed by atoms with Crippen molar-refractivity contribution in [3.8, 4) is 11.3 Å². The molecule has 1 aromatic heterocycles. The van der Waals surface area contributed by atoms with E-state index in [1.165, 1.54) is 0 Å². The van der Waals surface area contributed by atoms with Crippen molar-refractivity contribution in [3.05, 3.63) is 82.4 Å². The quantitative estimate of drug-likeness (QED) is 0.495. The van der Waals surface area contributed by atoms with Crippen LogP contribution >= 0.6 is 0 Å². The molecule has 2 amide bonds. The van der Waals surface area contributed by atoms with Gasteiger partial charge in [0.25, 0.3) is 5.91 Å². The Bertz CT molecular complexity index is 1420. The molecule has 0 bridgehead atoms. The average molecular weight is 561 g/mol. The number of carbonyl (C=O) groups is 2. The van der Waals surface area contributed by atoms with Crippen LogP contribution in [0.3, 0.4) is 0 Å². The summed E-state index contributed by atoms with van der Waals surface area (Å²) in [6.45, 7) is 7.04. The lowest BCUT2D eigenvalue weighted by Crippen LogP contribution is -2.52. The Morgan fingerprint density at radius 2 is 1.46 bits per heavy atom. The summed E-state index contributed by atoms with van der Waals surface area (Å²) >= 11 is 0. The van der Waals surface area contributed by atoms with E-state index >= 15 is 0 Å². The maximum atomic E-state index is 14.4. The van der Waals surface area contributed by atoms with Gasteiger partial charge in [-0.2, -0.15) is 0 Å². The van der Waals surface area contributed by atoms with E-state index in [-0.39, 0.29) is 18.1 Å². The summed E-state index contributed by atoms with van der Waals surface area (Å²) in [5, 5.41) is 11.0. The van der Waals surface area contributed by atoms with Gasteiger partial charge >= 0.3 is 11.8 Å². The third kappa shape index (κ3) is 6.25. The number of nitrogens with zero attached hydrogens (tertiary/aromatic N) is 4. The van der Waals surface area contributed by atoms with Crippen LogP contribution in [0.5, 0.6) is 0 Å². The summed E-state index contributed by atoms with van der Waals surface area (Å²) in [5.74, 6) is -0.259. The van der Waals surface area contributed by atoms with Gasteiger partial charge in [0, 0.05) is 31.7 Å². The topological polar surface area (TPSA) is 97.0 Å². The molecule has 9 nitrogen and oxygen atoms in total. The van der Waals surface area contributed by atoms with Crippen molar-refractivity contribution in [2.24, 2.45) is 0 Å². The molecule has 2 fully saturated rings. The van der Waals surface area contributed by atoms with Crippen molar-refractivity contribution >= 4 is 12.0 Å². The molecule has 1 saturated carbocycles. The standard InChI is InChI=1S/C32H40N4O5/c1-32(2,3)41-31(40)34-20-18-33(19-21-34)29(38)28-27(24-14-8-5-9-15-24)36(25-16-10-11-17-26(25)37)30(39)35(28)22-23-12-6-4-7-13-23/h4-9,12-15,25-26,37H,10-11,16-22H2,1-3H3/t25-,26-/m1/s1. The number of aliphatic hydroxyl groups is 1. The molecular weight excluding hydrogens is 520 g/mol. The van der Waals surface area contributed by atoms with E-state index in [9.17, 15) is 19.5 Å². The van der Waals surface area contributed by atoms with E-state index < -0.39 is 23.8 Å². The van der Waals surface area contributed by atoms with Gasteiger partial charge in [-0.15, -0.1) is 0 Å². The Hall–Kier alpha value is -3.85. The zero-order valence-electron chi connectivity index (χ0n) is 24.2. The first kappa shape index (κ1) is 28.7. The number of aliphatic hydroxyl groups excluding tert-OH is 1. The van der Waals surface area contributed by atoms with E-state index in [1.54, 1.807) is 18.9 Å². The van der Waals surface area contributed by atoms with Gasteiger partial charge in [0.15, 0.2) is 0 Å². The van der Waals surface area contributed by atoms with Crippen LogP contribution in [0.15, 0.2) is 65.5 Å². The fraction of sp³-hybridized carbons (Fsp3) is 0.469. The zero-order chi connectivity index (χ0) is 29.1. The summed E-state index contributed by atoms with van der Waals surface area (Å²) in [5.41, 5.74) is 1.61. The lowest BCUT2D eigenvalue weighted by molar-refractivity contribution is 0.0139. The first-order valence-electron chi connectivity index (χ1n) is 14.5. The predicted molar refractivity (Wildman–Crippen MR) is 157 cm³/mol. The molecule has 0 spiro atoms. The molecule has 1 aliphatic heterocycles. The Morgan fingerprint density at radius 1 is 0.878 bits per heavy atom. The monoisotopic (exact) mass is 560 g/mol. The zero-order valence-corrected chi connectivity index (χ0v) is 24.2. The molecule has 0 unspecified atom stereocenters. The highest BCUT2D eigenvalue weighted by molar-refractivity contribution is 5.99. The Kier molecular flexibility index (Phi) is 8.35.